The summed E-state index contributed by atoms with van der Waals surface area (Å²) >= 11 is 1.46. The molecule has 0 amide bonds. The van der Waals surface area contributed by atoms with E-state index in [2.05, 4.69) is 6.07 Å². The topological polar surface area (TPSA) is 87.1 Å². The lowest BCUT2D eigenvalue weighted by Crippen LogP contribution is -2.02. The molecule has 2 aromatic rings. The maximum Gasteiger partial charge on any atom is 0.307 e. The van der Waals surface area contributed by atoms with Crippen LogP contribution in [-0.4, -0.2) is 11.1 Å². The molecule has 0 aliphatic heterocycles. The molecule has 0 saturated carbocycles. The van der Waals surface area contributed by atoms with Crippen LogP contribution in [0.4, 0.5) is 5.69 Å². The van der Waals surface area contributed by atoms with Crippen LogP contribution in [0.15, 0.2) is 52.3 Å². The fourth-order valence-corrected chi connectivity index (χ4v) is 2.65. The van der Waals surface area contributed by atoms with Gasteiger partial charge in [0.1, 0.15) is 0 Å². The first kappa shape index (κ1) is 14.0. The number of benzene rings is 2. The molecule has 2 aromatic carbocycles. The van der Waals surface area contributed by atoms with Gasteiger partial charge in [-0.1, -0.05) is 11.8 Å². The fraction of sp³-hybridized carbons (Fsp3) is 0.0667. The largest absolute Gasteiger partial charge is 0.481 e. The summed E-state index contributed by atoms with van der Waals surface area (Å²) in [6.07, 6.45) is -0.0658. The standard InChI is InChI=1S/C15H12N2O2S/c16-9-10-1-4-13(5-2-10)20-14-6-3-12(17)7-11(14)8-15(18)19/h1-7H,8,17H2,(H,18,19). The average Bonchev–Trinajstić information content (AvgIpc) is 2.42. The van der Waals surface area contributed by atoms with E-state index < -0.39 is 5.97 Å². The molecular weight excluding hydrogens is 272 g/mol. The van der Waals surface area contributed by atoms with E-state index in [4.69, 9.17) is 16.1 Å². The van der Waals surface area contributed by atoms with Crippen molar-refractivity contribution in [2.45, 2.75) is 16.2 Å². The average molecular weight is 284 g/mol. The molecule has 0 spiro atoms. The number of aliphatic carboxylic acids is 1. The second kappa shape index (κ2) is 6.13. The van der Waals surface area contributed by atoms with Crippen LogP contribution in [0.1, 0.15) is 11.1 Å². The monoisotopic (exact) mass is 284 g/mol. The maximum atomic E-state index is 10.9. The Bertz CT molecular complexity index is 675. The summed E-state index contributed by atoms with van der Waals surface area (Å²) in [4.78, 5) is 12.7. The van der Waals surface area contributed by atoms with E-state index in [1.165, 1.54) is 11.8 Å². The van der Waals surface area contributed by atoms with Crippen LogP contribution in [0.5, 0.6) is 0 Å². The Hall–Kier alpha value is -2.45. The Morgan fingerprint density at radius 1 is 1.25 bits per heavy atom. The molecule has 0 bridgehead atoms. The van der Waals surface area contributed by atoms with Crippen LogP contribution in [-0.2, 0) is 11.2 Å². The molecule has 2 rings (SSSR count). The zero-order chi connectivity index (χ0) is 14.5. The lowest BCUT2D eigenvalue weighted by Gasteiger charge is -2.08. The van der Waals surface area contributed by atoms with Crippen LogP contribution < -0.4 is 5.73 Å². The van der Waals surface area contributed by atoms with E-state index in [0.717, 1.165) is 9.79 Å². The quantitative estimate of drug-likeness (QED) is 0.843. The van der Waals surface area contributed by atoms with Crippen molar-refractivity contribution in [2.24, 2.45) is 0 Å². The zero-order valence-corrected chi connectivity index (χ0v) is 11.4. The summed E-state index contributed by atoms with van der Waals surface area (Å²) in [5.74, 6) is -0.891. The first-order valence-corrected chi connectivity index (χ1v) is 6.68. The smallest absolute Gasteiger partial charge is 0.307 e. The second-order valence-electron chi connectivity index (χ2n) is 4.18. The molecule has 20 heavy (non-hydrogen) atoms. The molecule has 0 aliphatic rings. The molecule has 0 aliphatic carbocycles. The van der Waals surface area contributed by atoms with Gasteiger partial charge in [-0.25, -0.2) is 0 Å². The minimum Gasteiger partial charge on any atom is -0.481 e. The number of hydrogen-bond acceptors (Lipinski definition) is 4. The van der Waals surface area contributed by atoms with E-state index in [1.807, 2.05) is 18.2 Å². The second-order valence-corrected chi connectivity index (χ2v) is 5.29. The molecule has 5 heteroatoms. The van der Waals surface area contributed by atoms with Gasteiger partial charge in [0.15, 0.2) is 0 Å². The molecular formula is C15H12N2O2S. The van der Waals surface area contributed by atoms with E-state index in [1.54, 1.807) is 24.3 Å². The van der Waals surface area contributed by atoms with Crippen molar-refractivity contribution in [3.8, 4) is 6.07 Å². The maximum absolute atomic E-state index is 10.9. The molecule has 0 heterocycles. The summed E-state index contributed by atoms with van der Waals surface area (Å²) < 4.78 is 0. The summed E-state index contributed by atoms with van der Waals surface area (Å²) in [7, 11) is 0. The van der Waals surface area contributed by atoms with Gasteiger partial charge in [0.25, 0.3) is 0 Å². The van der Waals surface area contributed by atoms with Gasteiger partial charge >= 0.3 is 5.97 Å². The third-order valence-corrected chi connectivity index (χ3v) is 3.76. The number of carboxylic acid groups (broad SMARTS) is 1. The number of carboxylic acids is 1. The summed E-state index contributed by atoms with van der Waals surface area (Å²) in [5.41, 5.74) is 7.52. The number of carbonyl (C=O) groups is 1. The first-order valence-electron chi connectivity index (χ1n) is 5.86. The van der Waals surface area contributed by atoms with Crippen molar-refractivity contribution in [2.75, 3.05) is 5.73 Å². The number of nitrogens with zero attached hydrogens (tertiary/aromatic N) is 1. The van der Waals surface area contributed by atoms with Crippen molar-refractivity contribution < 1.29 is 9.90 Å². The molecule has 0 atom stereocenters. The molecule has 0 saturated heterocycles. The fourth-order valence-electron chi connectivity index (χ4n) is 1.72. The molecule has 0 fully saturated rings. The van der Waals surface area contributed by atoms with Gasteiger partial charge in [0.2, 0.25) is 0 Å². The molecule has 3 N–H and O–H groups in total. The Morgan fingerprint density at radius 3 is 2.55 bits per heavy atom. The molecule has 0 radical (unpaired) electrons. The third-order valence-electron chi connectivity index (χ3n) is 2.64. The van der Waals surface area contributed by atoms with Crippen molar-refractivity contribution in [1.29, 1.82) is 5.26 Å². The Morgan fingerprint density at radius 2 is 1.95 bits per heavy atom. The number of hydrogen-bond donors (Lipinski definition) is 2. The van der Waals surface area contributed by atoms with E-state index >= 15 is 0 Å². The predicted octanol–water partition coefficient (Wildman–Crippen LogP) is 2.92. The summed E-state index contributed by atoms with van der Waals surface area (Å²) in [5, 5.41) is 17.7. The van der Waals surface area contributed by atoms with Gasteiger partial charge in [0, 0.05) is 15.5 Å². The lowest BCUT2D eigenvalue weighted by atomic mass is 10.1. The Balaban J connectivity index is 2.27. The minimum atomic E-state index is -0.891. The molecule has 100 valence electrons. The number of rotatable bonds is 4. The number of nitrogen functional groups attached to an aromatic ring is 1. The van der Waals surface area contributed by atoms with Gasteiger partial charge in [-0.15, -0.1) is 0 Å². The SMILES string of the molecule is N#Cc1ccc(Sc2ccc(N)cc2CC(=O)O)cc1. The van der Waals surface area contributed by atoms with Crippen LogP contribution in [0.25, 0.3) is 0 Å². The minimum absolute atomic E-state index is 0.0658. The Kier molecular flexibility index (Phi) is 4.28. The normalized spacial score (nSPS) is 9.95. The highest BCUT2D eigenvalue weighted by Crippen LogP contribution is 2.32. The summed E-state index contributed by atoms with van der Waals surface area (Å²) in [6, 6.07) is 14.4. The van der Waals surface area contributed by atoms with E-state index in [0.29, 0.717) is 16.8 Å². The van der Waals surface area contributed by atoms with Crippen LogP contribution in [0.2, 0.25) is 0 Å². The van der Waals surface area contributed by atoms with Gasteiger partial charge in [-0.2, -0.15) is 5.26 Å². The highest BCUT2D eigenvalue weighted by atomic mass is 32.2. The number of nitriles is 1. The number of anilines is 1. The van der Waals surface area contributed by atoms with Crippen molar-refractivity contribution in [3.63, 3.8) is 0 Å². The van der Waals surface area contributed by atoms with E-state index in [9.17, 15) is 4.79 Å². The first-order chi connectivity index (χ1) is 9.58. The third kappa shape index (κ3) is 3.53. The van der Waals surface area contributed by atoms with Gasteiger partial charge in [-0.3, -0.25) is 4.79 Å². The summed E-state index contributed by atoms with van der Waals surface area (Å²) in [6.45, 7) is 0. The van der Waals surface area contributed by atoms with Crippen LogP contribution in [0, 0.1) is 11.3 Å². The van der Waals surface area contributed by atoms with E-state index in [-0.39, 0.29) is 6.42 Å². The number of nitrogens with two attached hydrogens (primary N) is 1. The molecule has 4 nitrogen and oxygen atoms in total. The Labute approximate surface area is 120 Å². The van der Waals surface area contributed by atoms with Crippen LogP contribution >= 0.6 is 11.8 Å². The van der Waals surface area contributed by atoms with Crippen molar-refractivity contribution >= 4 is 23.4 Å². The van der Waals surface area contributed by atoms with Crippen LogP contribution in [0.3, 0.4) is 0 Å². The van der Waals surface area contributed by atoms with Crippen molar-refractivity contribution in [3.05, 3.63) is 53.6 Å². The lowest BCUT2D eigenvalue weighted by molar-refractivity contribution is -0.136. The molecule has 0 aromatic heterocycles. The van der Waals surface area contributed by atoms with Crippen molar-refractivity contribution in [1.82, 2.24) is 0 Å². The zero-order valence-electron chi connectivity index (χ0n) is 10.5. The van der Waals surface area contributed by atoms with Gasteiger partial charge in [0.05, 0.1) is 18.1 Å². The molecule has 0 unspecified atom stereocenters. The van der Waals surface area contributed by atoms with Gasteiger partial charge < -0.3 is 10.8 Å². The highest BCUT2D eigenvalue weighted by molar-refractivity contribution is 7.99. The van der Waals surface area contributed by atoms with Gasteiger partial charge in [-0.05, 0) is 48.0 Å². The predicted molar refractivity (Wildman–Crippen MR) is 77.5 cm³/mol. The highest BCUT2D eigenvalue weighted by Gasteiger charge is 2.09.